The molecule has 8 heteroatoms. The maximum Gasteiger partial charge on any atom is 0.244 e. The zero-order valence-corrected chi connectivity index (χ0v) is 16.0. The topological polar surface area (TPSA) is 96.9 Å². The van der Waals surface area contributed by atoms with Crippen LogP contribution in [0.4, 0.5) is 0 Å². The van der Waals surface area contributed by atoms with Gasteiger partial charge in [0, 0.05) is 10.9 Å². The number of aromatic amines is 1. The Balaban J connectivity index is 1.94. The van der Waals surface area contributed by atoms with Crippen LogP contribution in [0.15, 0.2) is 51.0 Å². The molecular weight excluding hydrogens is 416 g/mol. The van der Waals surface area contributed by atoms with E-state index in [2.05, 4.69) is 32.2 Å². The molecule has 1 aliphatic heterocycles. The van der Waals surface area contributed by atoms with Crippen LogP contribution >= 0.6 is 27.3 Å². The van der Waals surface area contributed by atoms with Crippen molar-refractivity contribution in [3.05, 3.63) is 62.1 Å². The van der Waals surface area contributed by atoms with E-state index >= 15 is 0 Å². The van der Waals surface area contributed by atoms with Gasteiger partial charge in [0.05, 0.1) is 28.8 Å². The number of ether oxygens (including phenoxy) is 2. The molecule has 0 radical (unpaired) electrons. The summed E-state index contributed by atoms with van der Waals surface area (Å²) in [5.41, 5.74) is 9.85. The number of nitrogens with one attached hydrogen (secondary N) is 1. The van der Waals surface area contributed by atoms with Gasteiger partial charge in [-0.25, -0.2) is 0 Å². The highest BCUT2D eigenvalue weighted by atomic mass is 79.9. The molecular formula is C18H13BrN4O2S. The van der Waals surface area contributed by atoms with Crippen molar-refractivity contribution in [3.63, 3.8) is 0 Å². The van der Waals surface area contributed by atoms with Gasteiger partial charge in [0.1, 0.15) is 17.4 Å². The molecule has 0 saturated heterocycles. The molecule has 26 heavy (non-hydrogen) atoms. The van der Waals surface area contributed by atoms with Crippen molar-refractivity contribution in [1.82, 2.24) is 10.2 Å². The van der Waals surface area contributed by atoms with E-state index in [9.17, 15) is 5.26 Å². The van der Waals surface area contributed by atoms with E-state index in [0.717, 1.165) is 26.9 Å². The van der Waals surface area contributed by atoms with Crippen LogP contribution in [0.5, 0.6) is 11.6 Å². The van der Waals surface area contributed by atoms with E-state index in [1.54, 1.807) is 18.4 Å². The fraction of sp³-hybridized carbons (Fsp3) is 0.111. The largest absolute Gasteiger partial charge is 0.496 e. The minimum Gasteiger partial charge on any atom is -0.496 e. The van der Waals surface area contributed by atoms with Crippen LogP contribution in [0.1, 0.15) is 17.0 Å². The summed E-state index contributed by atoms with van der Waals surface area (Å²) in [6.45, 7) is 0. The van der Waals surface area contributed by atoms with Crippen LogP contribution in [0, 0.1) is 11.3 Å². The number of hydrogen-bond donors (Lipinski definition) is 2. The average molecular weight is 429 g/mol. The second-order valence-electron chi connectivity index (χ2n) is 5.65. The molecule has 130 valence electrons. The first kappa shape index (κ1) is 16.7. The lowest BCUT2D eigenvalue weighted by atomic mass is 9.83. The fourth-order valence-corrected chi connectivity index (χ4v) is 4.27. The number of halogens is 1. The van der Waals surface area contributed by atoms with Crippen LogP contribution in [0.25, 0.3) is 11.3 Å². The van der Waals surface area contributed by atoms with Gasteiger partial charge in [0.15, 0.2) is 0 Å². The third-order valence-corrected chi connectivity index (χ3v) is 5.56. The van der Waals surface area contributed by atoms with Gasteiger partial charge in [0.2, 0.25) is 11.8 Å². The van der Waals surface area contributed by atoms with Crippen molar-refractivity contribution in [2.24, 2.45) is 5.73 Å². The van der Waals surface area contributed by atoms with Crippen molar-refractivity contribution >= 4 is 27.3 Å². The summed E-state index contributed by atoms with van der Waals surface area (Å²) >= 11 is 5.10. The first-order valence-electron chi connectivity index (χ1n) is 7.66. The number of nitrogens with two attached hydrogens (primary N) is 1. The van der Waals surface area contributed by atoms with Crippen molar-refractivity contribution in [3.8, 4) is 29.0 Å². The van der Waals surface area contributed by atoms with Gasteiger partial charge in [-0.05, 0) is 45.1 Å². The number of aromatic nitrogens is 2. The van der Waals surface area contributed by atoms with Gasteiger partial charge < -0.3 is 15.2 Å². The van der Waals surface area contributed by atoms with Crippen LogP contribution in [0.2, 0.25) is 0 Å². The maximum atomic E-state index is 9.71. The van der Waals surface area contributed by atoms with Crippen LogP contribution < -0.4 is 15.2 Å². The minimum atomic E-state index is -0.389. The smallest absolute Gasteiger partial charge is 0.244 e. The summed E-state index contributed by atoms with van der Waals surface area (Å²) < 4.78 is 11.7. The van der Waals surface area contributed by atoms with E-state index in [0.29, 0.717) is 17.2 Å². The molecule has 1 aromatic carbocycles. The summed E-state index contributed by atoms with van der Waals surface area (Å²) in [6, 6.07) is 9.88. The number of benzene rings is 1. The van der Waals surface area contributed by atoms with Crippen LogP contribution in [-0.4, -0.2) is 17.3 Å². The first-order valence-corrected chi connectivity index (χ1v) is 9.39. The number of thiophene rings is 1. The Morgan fingerprint density at radius 2 is 2.27 bits per heavy atom. The number of hydrogen-bond acceptors (Lipinski definition) is 6. The average Bonchev–Trinajstić information content (AvgIpc) is 3.29. The molecule has 0 bridgehead atoms. The molecule has 0 aliphatic carbocycles. The first-order chi connectivity index (χ1) is 12.6. The zero-order chi connectivity index (χ0) is 18.3. The quantitative estimate of drug-likeness (QED) is 0.653. The van der Waals surface area contributed by atoms with Crippen molar-refractivity contribution < 1.29 is 9.47 Å². The van der Waals surface area contributed by atoms with E-state index < -0.39 is 0 Å². The van der Waals surface area contributed by atoms with Crippen molar-refractivity contribution in [2.75, 3.05) is 7.11 Å². The molecule has 4 rings (SSSR count). The molecule has 3 aromatic rings. The normalized spacial score (nSPS) is 16.0. The monoisotopic (exact) mass is 428 g/mol. The van der Waals surface area contributed by atoms with Gasteiger partial charge in [-0.2, -0.15) is 16.6 Å². The molecule has 3 heterocycles. The summed E-state index contributed by atoms with van der Waals surface area (Å²) in [6.07, 6.45) is 0. The summed E-state index contributed by atoms with van der Waals surface area (Å²) in [5, 5.41) is 21.0. The Morgan fingerprint density at radius 1 is 1.42 bits per heavy atom. The van der Waals surface area contributed by atoms with Crippen LogP contribution in [0.3, 0.4) is 0 Å². The van der Waals surface area contributed by atoms with Crippen molar-refractivity contribution in [1.29, 1.82) is 5.26 Å². The molecule has 1 unspecified atom stereocenters. The number of rotatable bonds is 3. The number of nitriles is 1. The summed E-state index contributed by atoms with van der Waals surface area (Å²) in [5.74, 6) is 0.779. The Labute approximate surface area is 162 Å². The molecule has 3 N–H and O–H groups in total. The van der Waals surface area contributed by atoms with Gasteiger partial charge >= 0.3 is 0 Å². The highest BCUT2D eigenvalue weighted by molar-refractivity contribution is 9.10. The number of H-pyrrole nitrogens is 1. The van der Waals surface area contributed by atoms with Gasteiger partial charge in [0.25, 0.3) is 0 Å². The van der Waals surface area contributed by atoms with Gasteiger partial charge in [-0.1, -0.05) is 6.07 Å². The third-order valence-electron chi connectivity index (χ3n) is 4.26. The Bertz CT molecular complexity index is 1050. The highest BCUT2D eigenvalue weighted by Crippen LogP contribution is 2.46. The predicted molar refractivity (Wildman–Crippen MR) is 102 cm³/mol. The number of allylic oxidation sites excluding steroid dienone is 1. The second-order valence-corrected chi connectivity index (χ2v) is 7.28. The molecule has 2 aromatic heterocycles. The van der Waals surface area contributed by atoms with Crippen molar-refractivity contribution in [2.45, 2.75) is 5.92 Å². The van der Waals surface area contributed by atoms with E-state index in [1.165, 1.54) is 0 Å². The Morgan fingerprint density at radius 3 is 2.92 bits per heavy atom. The summed E-state index contributed by atoms with van der Waals surface area (Å²) in [7, 11) is 1.61. The zero-order valence-electron chi connectivity index (χ0n) is 13.6. The third kappa shape index (κ3) is 2.57. The Hall–Kier alpha value is -2.76. The van der Waals surface area contributed by atoms with Gasteiger partial charge in [-0.3, -0.25) is 5.10 Å². The minimum absolute atomic E-state index is 0.0697. The number of methoxy groups -OCH3 is 1. The predicted octanol–water partition coefficient (Wildman–Crippen LogP) is 4.13. The molecule has 0 spiro atoms. The highest BCUT2D eigenvalue weighted by Gasteiger charge is 2.35. The van der Waals surface area contributed by atoms with Crippen LogP contribution in [-0.2, 0) is 0 Å². The molecule has 1 aliphatic rings. The van der Waals surface area contributed by atoms with E-state index in [-0.39, 0.29) is 11.8 Å². The lowest BCUT2D eigenvalue weighted by Crippen LogP contribution is -2.21. The molecule has 0 fully saturated rings. The van der Waals surface area contributed by atoms with E-state index in [1.807, 2.05) is 35.0 Å². The second kappa shape index (κ2) is 6.52. The van der Waals surface area contributed by atoms with E-state index in [4.69, 9.17) is 15.2 Å². The lowest BCUT2D eigenvalue weighted by Gasteiger charge is -2.24. The number of nitrogens with zero attached hydrogens (tertiary/aromatic N) is 2. The molecule has 0 saturated carbocycles. The molecule has 6 nitrogen and oxygen atoms in total. The lowest BCUT2D eigenvalue weighted by molar-refractivity contribution is 0.379. The standard InChI is InChI=1S/C18H13BrN4O2S/c1-24-13-3-2-9(6-12(13)19)14-11(7-20)17(21)25-18-15(14)16(22-23-18)10-4-5-26-8-10/h2-6,8,14H,21H2,1H3,(H,22,23). The molecule has 0 amide bonds. The Kier molecular flexibility index (Phi) is 4.18. The summed E-state index contributed by atoms with van der Waals surface area (Å²) in [4.78, 5) is 0. The number of fused-ring (bicyclic) bond motifs is 1. The maximum absolute atomic E-state index is 9.71. The SMILES string of the molecule is COc1ccc(C2C(C#N)=C(N)Oc3n[nH]c(-c4ccsc4)c32)cc1Br. The molecule has 1 atom stereocenters. The van der Waals surface area contributed by atoms with Gasteiger partial charge in [-0.15, -0.1) is 5.10 Å². The fourth-order valence-electron chi connectivity index (χ4n) is 3.07.